The zero-order chi connectivity index (χ0) is 17.4. The van der Waals surface area contributed by atoms with Gasteiger partial charge >= 0.3 is 0 Å². The van der Waals surface area contributed by atoms with Crippen molar-refractivity contribution in [2.75, 3.05) is 5.32 Å². The van der Waals surface area contributed by atoms with Crippen LogP contribution >= 0.6 is 11.3 Å². The van der Waals surface area contributed by atoms with Crippen molar-refractivity contribution in [2.24, 2.45) is 5.73 Å². The molecule has 0 saturated carbocycles. The van der Waals surface area contributed by atoms with Crippen LogP contribution in [-0.2, 0) is 5.41 Å². The van der Waals surface area contributed by atoms with Crippen LogP contribution in [0.5, 0.6) is 0 Å². The standard InChI is InChI=1S/C18H22N2O2S/c1-10-11(2)23-17(14(10)15(19)21)20-16(22)12-6-8-13(9-7-12)18(3,4)5/h6-9H,1-5H3,(H2,19,21)(H,20,22). The monoisotopic (exact) mass is 330 g/mol. The number of anilines is 1. The van der Waals surface area contributed by atoms with E-state index in [2.05, 4.69) is 26.1 Å². The molecule has 0 aliphatic rings. The van der Waals surface area contributed by atoms with E-state index < -0.39 is 5.91 Å². The lowest BCUT2D eigenvalue weighted by atomic mass is 9.87. The fourth-order valence-electron chi connectivity index (χ4n) is 2.31. The zero-order valence-corrected chi connectivity index (χ0v) is 14.9. The van der Waals surface area contributed by atoms with Crippen molar-refractivity contribution >= 4 is 28.2 Å². The van der Waals surface area contributed by atoms with Gasteiger partial charge < -0.3 is 11.1 Å². The van der Waals surface area contributed by atoms with E-state index in [1.165, 1.54) is 11.3 Å². The summed E-state index contributed by atoms with van der Waals surface area (Å²) in [6, 6.07) is 7.50. The molecule has 5 heteroatoms. The molecule has 1 heterocycles. The minimum atomic E-state index is -0.523. The molecule has 0 bridgehead atoms. The third-order valence-electron chi connectivity index (χ3n) is 3.87. The van der Waals surface area contributed by atoms with Crippen molar-refractivity contribution < 1.29 is 9.59 Å². The van der Waals surface area contributed by atoms with E-state index in [0.29, 0.717) is 16.1 Å². The van der Waals surface area contributed by atoms with Crippen molar-refractivity contribution in [2.45, 2.75) is 40.0 Å². The first-order valence-electron chi connectivity index (χ1n) is 7.43. The molecular weight excluding hydrogens is 308 g/mol. The Kier molecular flexibility index (Phi) is 4.61. The van der Waals surface area contributed by atoms with Gasteiger partial charge in [-0.1, -0.05) is 32.9 Å². The largest absolute Gasteiger partial charge is 0.365 e. The summed E-state index contributed by atoms with van der Waals surface area (Å²) in [5.41, 5.74) is 8.40. The van der Waals surface area contributed by atoms with Gasteiger partial charge in [-0.25, -0.2) is 0 Å². The van der Waals surface area contributed by atoms with E-state index in [-0.39, 0.29) is 11.3 Å². The molecule has 1 aromatic carbocycles. The number of hydrogen-bond donors (Lipinski definition) is 2. The lowest BCUT2D eigenvalue weighted by Crippen LogP contribution is -2.18. The van der Waals surface area contributed by atoms with E-state index in [1.54, 1.807) is 12.1 Å². The highest BCUT2D eigenvalue weighted by Crippen LogP contribution is 2.32. The number of carbonyl (C=O) groups excluding carboxylic acids is 2. The molecule has 0 saturated heterocycles. The van der Waals surface area contributed by atoms with Crippen molar-refractivity contribution in [3.63, 3.8) is 0 Å². The topological polar surface area (TPSA) is 72.2 Å². The number of primary amides is 1. The molecule has 2 rings (SSSR count). The first-order valence-corrected chi connectivity index (χ1v) is 8.24. The number of nitrogens with one attached hydrogen (secondary N) is 1. The van der Waals surface area contributed by atoms with E-state index in [4.69, 9.17) is 5.73 Å². The molecule has 0 aliphatic heterocycles. The van der Waals surface area contributed by atoms with Gasteiger partial charge in [0.2, 0.25) is 0 Å². The van der Waals surface area contributed by atoms with Gasteiger partial charge in [-0.05, 0) is 42.5 Å². The van der Waals surface area contributed by atoms with Crippen molar-refractivity contribution in [3.8, 4) is 0 Å². The highest BCUT2D eigenvalue weighted by Gasteiger charge is 2.20. The third-order valence-corrected chi connectivity index (χ3v) is 4.99. The Morgan fingerprint density at radius 1 is 1.09 bits per heavy atom. The molecule has 0 atom stereocenters. The maximum Gasteiger partial charge on any atom is 0.256 e. The van der Waals surface area contributed by atoms with Crippen LogP contribution in [0.15, 0.2) is 24.3 Å². The van der Waals surface area contributed by atoms with E-state index in [1.807, 2.05) is 26.0 Å². The summed E-state index contributed by atoms with van der Waals surface area (Å²) in [6.07, 6.45) is 0. The fourth-order valence-corrected chi connectivity index (χ4v) is 3.37. The smallest absolute Gasteiger partial charge is 0.256 e. The van der Waals surface area contributed by atoms with Crippen LogP contribution in [0.4, 0.5) is 5.00 Å². The van der Waals surface area contributed by atoms with E-state index in [0.717, 1.165) is 16.0 Å². The molecule has 1 aromatic heterocycles. The molecule has 3 N–H and O–H groups in total. The molecule has 0 unspecified atom stereocenters. The maximum absolute atomic E-state index is 12.4. The average Bonchev–Trinajstić information content (AvgIpc) is 2.73. The summed E-state index contributed by atoms with van der Waals surface area (Å²) >= 11 is 1.37. The fraction of sp³-hybridized carbons (Fsp3) is 0.333. The first kappa shape index (κ1) is 17.2. The Morgan fingerprint density at radius 3 is 2.13 bits per heavy atom. The molecule has 122 valence electrons. The molecule has 2 amide bonds. The highest BCUT2D eigenvalue weighted by atomic mass is 32.1. The Labute approximate surface area is 140 Å². The molecule has 0 aliphatic carbocycles. The second-order valence-electron chi connectivity index (χ2n) is 6.63. The van der Waals surface area contributed by atoms with Crippen LogP contribution in [0.1, 0.15) is 57.5 Å². The van der Waals surface area contributed by atoms with Crippen molar-refractivity contribution in [3.05, 3.63) is 51.4 Å². The second kappa shape index (κ2) is 6.16. The summed E-state index contributed by atoms with van der Waals surface area (Å²) in [6.45, 7) is 10.1. The Morgan fingerprint density at radius 2 is 1.65 bits per heavy atom. The number of amides is 2. The summed E-state index contributed by atoms with van der Waals surface area (Å²) in [4.78, 5) is 25.0. The highest BCUT2D eigenvalue weighted by molar-refractivity contribution is 7.16. The lowest BCUT2D eigenvalue weighted by molar-refractivity contribution is 0.100. The molecule has 2 aromatic rings. The third kappa shape index (κ3) is 3.62. The number of carbonyl (C=O) groups is 2. The van der Waals surface area contributed by atoms with Gasteiger partial charge in [-0.3, -0.25) is 9.59 Å². The number of benzene rings is 1. The number of aryl methyl sites for hydroxylation is 1. The zero-order valence-electron chi connectivity index (χ0n) is 14.1. The van der Waals surface area contributed by atoms with Gasteiger partial charge in [-0.15, -0.1) is 11.3 Å². The molecule has 0 fully saturated rings. The van der Waals surface area contributed by atoms with Crippen molar-refractivity contribution in [1.82, 2.24) is 0 Å². The van der Waals surface area contributed by atoms with Crippen LogP contribution in [0.3, 0.4) is 0 Å². The SMILES string of the molecule is Cc1sc(NC(=O)c2ccc(C(C)(C)C)cc2)c(C(N)=O)c1C. The second-order valence-corrected chi connectivity index (χ2v) is 7.86. The Bertz CT molecular complexity index is 753. The van der Waals surface area contributed by atoms with Crippen LogP contribution in [0, 0.1) is 13.8 Å². The number of hydrogen-bond acceptors (Lipinski definition) is 3. The van der Waals surface area contributed by atoms with E-state index in [9.17, 15) is 9.59 Å². The van der Waals surface area contributed by atoms with Crippen LogP contribution in [-0.4, -0.2) is 11.8 Å². The van der Waals surface area contributed by atoms with Crippen LogP contribution in [0.25, 0.3) is 0 Å². The normalized spacial score (nSPS) is 11.3. The summed E-state index contributed by atoms with van der Waals surface area (Å²) < 4.78 is 0. The average molecular weight is 330 g/mol. The lowest BCUT2D eigenvalue weighted by Gasteiger charge is -2.19. The van der Waals surface area contributed by atoms with Gasteiger partial charge in [0.15, 0.2) is 0 Å². The maximum atomic E-state index is 12.4. The van der Waals surface area contributed by atoms with Crippen LogP contribution in [0.2, 0.25) is 0 Å². The summed E-state index contributed by atoms with van der Waals surface area (Å²) in [7, 11) is 0. The van der Waals surface area contributed by atoms with Gasteiger partial charge in [0.05, 0.1) is 5.56 Å². The van der Waals surface area contributed by atoms with Gasteiger partial charge in [0.1, 0.15) is 5.00 Å². The van der Waals surface area contributed by atoms with Crippen molar-refractivity contribution in [1.29, 1.82) is 0 Å². The number of rotatable bonds is 3. The minimum Gasteiger partial charge on any atom is -0.365 e. The van der Waals surface area contributed by atoms with Gasteiger partial charge in [-0.2, -0.15) is 0 Å². The first-order chi connectivity index (χ1) is 10.6. The van der Waals surface area contributed by atoms with E-state index >= 15 is 0 Å². The predicted molar refractivity (Wildman–Crippen MR) is 95.4 cm³/mol. The number of thiophene rings is 1. The van der Waals surface area contributed by atoms with Gasteiger partial charge in [0, 0.05) is 10.4 Å². The quantitative estimate of drug-likeness (QED) is 0.892. The summed E-state index contributed by atoms with van der Waals surface area (Å²) in [5.74, 6) is -0.764. The molecule has 0 spiro atoms. The summed E-state index contributed by atoms with van der Waals surface area (Å²) in [5, 5.41) is 3.32. The van der Waals surface area contributed by atoms with Gasteiger partial charge in [0.25, 0.3) is 11.8 Å². The number of nitrogens with two attached hydrogens (primary N) is 1. The Balaban J connectivity index is 2.26. The Hall–Kier alpha value is -2.14. The molecule has 0 radical (unpaired) electrons. The van der Waals surface area contributed by atoms with Crippen LogP contribution < -0.4 is 11.1 Å². The molecule has 23 heavy (non-hydrogen) atoms. The molecule has 4 nitrogen and oxygen atoms in total. The molecular formula is C18H22N2O2S. The predicted octanol–water partition coefficient (Wildman–Crippen LogP) is 4.01. The minimum absolute atomic E-state index is 0.0378.